The molecule has 6 heteroatoms. The highest BCUT2D eigenvalue weighted by Gasteiger charge is 2.17. The van der Waals surface area contributed by atoms with Crippen molar-refractivity contribution in [2.75, 3.05) is 32.8 Å². The van der Waals surface area contributed by atoms with E-state index in [1.165, 1.54) is 12.8 Å². The number of hydrogen-bond donors (Lipinski definition) is 1. The van der Waals surface area contributed by atoms with Gasteiger partial charge in [-0.15, -0.1) is 12.4 Å². The Balaban J connectivity index is 0.00000200. The number of hydrogen-bond acceptors (Lipinski definition) is 3. The van der Waals surface area contributed by atoms with E-state index >= 15 is 0 Å². The molecule has 1 heterocycles. The van der Waals surface area contributed by atoms with E-state index in [9.17, 15) is 0 Å². The summed E-state index contributed by atoms with van der Waals surface area (Å²) in [4.78, 5) is 2.40. The molecule has 2 N–H and O–H groups in total. The van der Waals surface area contributed by atoms with Crippen molar-refractivity contribution in [3.63, 3.8) is 0 Å². The van der Waals surface area contributed by atoms with Crippen molar-refractivity contribution in [3.05, 3.63) is 28.2 Å². The van der Waals surface area contributed by atoms with Crippen molar-refractivity contribution < 1.29 is 4.74 Å². The Bertz CT molecular complexity index is 389. The molecular weight excluding hydrogens is 319 g/mol. The average molecular weight is 340 g/mol. The second kappa shape index (κ2) is 8.96. The average Bonchev–Trinajstić information content (AvgIpc) is 2.43. The zero-order valence-corrected chi connectivity index (χ0v) is 13.7. The van der Waals surface area contributed by atoms with Gasteiger partial charge in [0, 0.05) is 6.54 Å². The van der Waals surface area contributed by atoms with Gasteiger partial charge in [-0.2, -0.15) is 0 Å². The van der Waals surface area contributed by atoms with E-state index in [4.69, 9.17) is 33.7 Å². The third-order valence-corrected chi connectivity index (χ3v) is 4.21. The Morgan fingerprint density at radius 1 is 1.20 bits per heavy atom. The van der Waals surface area contributed by atoms with Gasteiger partial charge in [0.25, 0.3) is 0 Å². The molecule has 0 bridgehead atoms. The third-order valence-electron chi connectivity index (χ3n) is 3.61. The van der Waals surface area contributed by atoms with Crippen LogP contribution in [0.25, 0.3) is 0 Å². The maximum absolute atomic E-state index is 6.05. The van der Waals surface area contributed by atoms with E-state index in [0.717, 1.165) is 26.2 Å². The van der Waals surface area contributed by atoms with Crippen LogP contribution >= 0.6 is 35.6 Å². The van der Waals surface area contributed by atoms with E-state index in [1.54, 1.807) is 12.1 Å². The lowest BCUT2D eigenvalue weighted by atomic mass is 9.97. The first-order valence-electron chi connectivity index (χ1n) is 6.70. The molecule has 2 rings (SSSR count). The van der Waals surface area contributed by atoms with Gasteiger partial charge in [0.2, 0.25) is 0 Å². The summed E-state index contributed by atoms with van der Waals surface area (Å²) < 4.78 is 5.69. The van der Waals surface area contributed by atoms with E-state index in [-0.39, 0.29) is 12.4 Å². The van der Waals surface area contributed by atoms with Gasteiger partial charge in [-0.1, -0.05) is 29.3 Å². The largest absolute Gasteiger partial charge is 0.489 e. The van der Waals surface area contributed by atoms with Crippen LogP contribution in [0.5, 0.6) is 5.75 Å². The summed E-state index contributed by atoms with van der Waals surface area (Å²) in [5.41, 5.74) is 5.69. The fourth-order valence-electron chi connectivity index (χ4n) is 2.34. The zero-order valence-electron chi connectivity index (χ0n) is 11.4. The maximum atomic E-state index is 6.05. The topological polar surface area (TPSA) is 38.5 Å². The summed E-state index contributed by atoms with van der Waals surface area (Å²) in [7, 11) is 0. The van der Waals surface area contributed by atoms with Gasteiger partial charge in [-0.05, 0) is 50.5 Å². The molecule has 1 saturated heterocycles. The van der Waals surface area contributed by atoms with Crippen LogP contribution in [-0.4, -0.2) is 37.7 Å². The smallest absolute Gasteiger partial charge is 0.156 e. The molecule has 114 valence electrons. The molecular formula is C14H21Cl3N2O. The van der Waals surface area contributed by atoms with Crippen LogP contribution < -0.4 is 10.5 Å². The molecule has 0 atom stereocenters. The van der Waals surface area contributed by atoms with Gasteiger partial charge in [0.05, 0.1) is 10.0 Å². The highest BCUT2D eigenvalue weighted by atomic mass is 35.5. The Labute approximate surface area is 136 Å². The second-order valence-electron chi connectivity index (χ2n) is 4.92. The number of nitrogens with two attached hydrogens (primary N) is 1. The van der Waals surface area contributed by atoms with E-state index < -0.39 is 0 Å². The van der Waals surface area contributed by atoms with Crippen molar-refractivity contribution in [1.82, 2.24) is 4.90 Å². The molecule has 1 fully saturated rings. The Morgan fingerprint density at radius 2 is 1.80 bits per heavy atom. The number of halogens is 3. The van der Waals surface area contributed by atoms with E-state index in [1.807, 2.05) is 6.07 Å². The maximum Gasteiger partial charge on any atom is 0.156 e. The van der Waals surface area contributed by atoms with Gasteiger partial charge < -0.3 is 10.5 Å². The minimum Gasteiger partial charge on any atom is -0.489 e. The zero-order chi connectivity index (χ0) is 13.7. The molecule has 1 aromatic rings. The number of nitrogens with zero attached hydrogens (tertiary/aromatic N) is 1. The predicted molar refractivity (Wildman–Crippen MR) is 87.4 cm³/mol. The molecule has 0 amide bonds. The lowest BCUT2D eigenvalue weighted by Crippen LogP contribution is -2.38. The van der Waals surface area contributed by atoms with Gasteiger partial charge in [0.15, 0.2) is 5.75 Å². The van der Waals surface area contributed by atoms with E-state index in [0.29, 0.717) is 28.3 Å². The highest BCUT2D eigenvalue weighted by Crippen LogP contribution is 2.32. The molecule has 1 aromatic carbocycles. The van der Waals surface area contributed by atoms with Crippen LogP contribution in [0.4, 0.5) is 0 Å². The Morgan fingerprint density at radius 3 is 2.35 bits per heavy atom. The lowest BCUT2D eigenvalue weighted by Gasteiger charge is -2.31. The van der Waals surface area contributed by atoms with Crippen LogP contribution in [0, 0.1) is 5.92 Å². The molecule has 1 aliphatic rings. The van der Waals surface area contributed by atoms with Crippen molar-refractivity contribution >= 4 is 35.6 Å². The standard InChI is InChI=1S/C14H20Cl2N2O.ClH/c15-12-2-1-3-13(16)14(12)19-9-8-18-6-4-11(10-17)5-7-18;/h1-3,11H,4-10,17H2;1H. The van der Waals surface area contributed by atoms with Crippen molar-refractivity contribution in [3.8, 4) is 5.75 Å². The summed E-state index contributed by atoms with van der Waals surface area (Å²) in [6, 6.07) is 5.39. The van der Waals surface area contributed by atoms with Crippen molar-refractivity contribution in [1.29, 1.82) is 0 Å². The third kappa shape index (κ3) is 4.97. The molecule has 3 nitrogen and oxygen atoms in total. The Kier molecular flexibility index (Phi) is 8.00. The van der Waals surface area contributed by atoms with Crippen LogP contribution in [0.3, 0.4) is 0 Å². The van der Waals surface area contributed by atoms with Crippen LogP contribution in [0.15, 0.2) is 18.2 Å². The van der Waals surface area contributed by atoms with Gasteiger partial charge in [-0.3, -0.25) is 4.90 Å². The fourth-order valence-corrected chi connectivity index (χ4v) is 2.85. The number of ether oxygens (including phenoxy) is 1. The number of para-hydroxylation sites is 1. The normalized spacial score (nSPS) is 16.8. The summed E-state index contributed by atoms with van der Waals surface area (Å²) in [5.74, 6) is 1.28. The predicted octanol–water partition coefficient (Wildman–Crippen LogP) is 3.46. The Hall–Kier alpha value is -0.190. The minimum absolute atomic E-state index is 0. The van der Waals surface area contributed by atoms with Crippen molar-refractivity contribution in [2.45, 2.75) is 12.8 Å². The lowest BCUT2D eigenvalue weighted by molar-refractivity contribution is 0.157. The first-order valence-corrected chi connectivity index (χ1v) is 7.45. The van der Waals surface area contributed by atoms with Crippen LogP contribution in [0.1, 0.15) is 12.8 Å². The van der Waals surface area contributed by atoms with Crippen LogP contribution in [-0.2, 0) is 0 Å². The van der Waals surface area contributed by atoms with Gasteiger partial charge >= 0.3 is 0 Å². The first kappa shape index (κ1) is 17.9. The molecule has 0 radical (unpaired) electrons. The van der Waals surface area contributed by atoms with Gasteiger partial charge in [-0.25, -0.2) is 0 Å². The fraction of sp³-hybridized carbons (Fsp3) is 0.571. The van der Waals surface area contributed by atoms with Gasteiger partial charge in [0.1, 0.15) is 6.61 Å². The minimum atomic E-state index is 0. The molecule has 0 spiro atoms. The molecule has 0 aliphatic carbocycles. The number of likely N-dealkylation sites (tertiary alicyclic amines) is 1. The number of rotatable bonds is 5. The van der Waals surface area contributed by atoms with Crippen LogP contribution in [0.2, 0.25) is 10.0 Å². The molecule has 0 aromatic heterocycles. The van der Waals surface area contributed by atoms with Crippen molar-refractivity contribution in [2.24, 2.45) is 11.7 Å². The summed E-state index contributed by atoms with van der Waals surface area (Å²) in [6.45, 7) is 4.51. The molecule has 1 aliphatic heterocycles. The highest BCUT2D eigenvalue weighted by molar-refractivity contribution is 6.37. The SMILES string of the molecule is Cl.NCC1CCN(CCOc2c(Cl)cccc2Cl)CC1. The summed E-state index contributed by atoms with van der Waals surface area (Å²) >= 11 is 12.1. The summed E-state index contributed by atoms with van der Waals surface area (Å²) in [6.07, 6.45) is 2.37. The van der Waals surface area contributed by atoms with E-state index in [2.05, 4.69) is 4.90 Å². The summed E-state index contributed by atoms with van der Waals surface area (Å²) in [5, 5.41) is 1.13. The quantitative estimate of drug-likeness (QED) is 0.893. The second-order valence-corrected chi connectivity index (χ2v) is 5.73. The molecule has 0 saturated carbocycles. The first-order chi connectivity index (χ1) is 9.20. The number of piperidine rings is 1. The number of benzene rings is 1. The monoisotopic (exact) mass is 338 g/mol. The molecule has 20 heavy (non-hydrogen) atoms. The molecule has 0 unspecified atom stereocenters.